The van der Waals surface area contributed by atoms with Crippen LogP contribution in [0.2, 0.25) is 0 Å². The van der Waals surface area contributed by atoms with Gasteiger partial charge in [-0.2, -0.15) is 0 Å². The molecule has 0 unspecified atom stereocenters. The third-order valence-corrected chi connectivity index (χ3v) is 12.5. The van der Waals surface area contributed by atoms with E-state index in [1.54, 1.807) is 0 Å². The van der Waals surface area contributed by atoms with Gasteiger partial charge < -0.3 is 4.90 Å². The van der Waals surface area contributed by atoms with E-state index in [0.717, 1.165) is 17.1 Å². The van der Waals surface area contributed by atoms with E-state index in [4.69, 9.17) is 0 Å². The monoisotopic (exact) mass is 677 g/mol. The quantitative estimate of drug-likeness (QED) is 0.168. The van der Waals surface area contributed by atoms with Crippen molar-refractivity contribution in [3.63, 3.8) is 0 Å². The Hall–Kier alpha value is -6.18. The summed E-state index contributed by atoms with van der Waals surface area (Å²) >= 11 is 0. The first-order valence-corrected chi connectivity index (χ1v) is 18.9. The number of benzene rings is 9. The summed E-state index contributed by atoms with van der Waals surface area (Å²) < 4.78 is 0. The number of anilines is 3. The number of para-hydroxylation sites is 1. The van der Waals surface area contributed by atoms with Gasteiger partial charge in [-0.15, -0.1) is 0 Å². The molecule has 0 saturated heterocycles. The average Bonchev–Trinajstić information content (AvgIpc) is 3.59. The highest BCUT2D eigenvalue weighted by Crippen LogP contribution is 2.56. The Labute approximate surface area is 310 Å². The first-order chi connectivity index (χ1) is 25.8. The van der Waals surface area contributed by atoms with Gasteiger partial charge in [0.25, 0.3) is 0 Å². The van der Waals surface area contributed by atoms with Gasteiger partial charge in [0, 0.05) is 27.9 Å². The molecule has 2 aliphatic carbocycles. The highest BCUT2D eigenvalue weighted by molar-refractivity contribution is 6.19. The van der Waals surface area contributed by atoms with Crippen molar-refractivity contribution in [1.29, 1.82) is 0 Å². The molecule has 0 heterocycles. The van der Waals surface area contributed by atoms with Gasteiger partial charge in [0.15, 0.2) is 0 Å². The zero-order chi connectivity index (χ0) is 35.6. The molecule has 11 rings (SSSR count). The Balaban J connectivity index is 1.12. The molecule has 0 aromatic heterocycles. The summed E-state index contributed by atoms with van der Waals surface area (Å²) in [6, 6.07) is 61.2. The van der Waals surface area contributed by atoms with E-state index in [-0.39, 0.29) is 10.8 Å². The smallest absolute Gasteiger partial charge is 0.0468 e. The van der Waals surface area contributed by atoms with Gasteiger partial charge in [0.05, 0.1) is 0 Å². The Kier molecular flexibility index (Phi) is 6.14. The van der Waals surface area contributed by atoms with Crippen molar-refractivity contribution in [2.75, 3.05) is 4.90 Å². The number of rotatable bonds is 3. The highest BCUT2D eigenvalue weighted by Gasteiger charge is 2.39. The zero-order valence-electron chi connectivity index (χ0n) is 30.5. The van der Waals surface area contributed by atoms with E-state index < -0.39 is 0 Å². The predicted octanol–water partition coefficient (Wildman–Crippen LogP) is 14.4. The topological polar surface area (TPSA) is 3.24 Å². The maximum absolute atomic E-state index is 2.43. The molecule has 1 nitrogen and oxygen atoms in total. The summed E-state index contributed by atoms with van der Waals surface area (Å²) in [5.74, 6) is 0. The molecule has 53 heavy (non-hydrogen) atoms. The molecule has 0 aliphatic heterocycles. The second-order valence-corrected chi connectivity index (χ2v) is 16.1. The van der Waals surface area contributed by atoms with Crippen LogP contribution >= 0.6 is 0 Å². The molecule has 2 aliphatic rings. The summed E-state index contributed by atoms with van der Waals surface area (Å²) in [5, 5.41) is 10.5. The largest absolute Gasteiger partial charge is 0.310 e. The van der Waals surface area contributed by atoms with Gasteiger partial charge in [0.2, 0.25) is 0 Å². The maximum atomic E-state index is 2.43. The number of nitrogens with zero attached hydrogens (tertiary/aromatic N) is 1. The number of hydrogen-bond acceptors (Lipinski definition) is 1. The van der Waals surface area contributed by atoms with Crippen molar-refractivity contribution >= 4 is 60.2 Å². The fraction of sp³-hybridized carbons (Fsp3) is 0.115. The minimum Gasteiger partial charge on any atom is -0.310 e. The fourth-order valence-corrected chi connectivity index (χ4v) is 10.3. The van der Waals surface area contributed by atoms with Crippen LogP contribution in [-0.2, 0) is 10.8 Å². The SMILES string of the molecule is CC1(C)c2c(ccc3ccccc23)-c2ccc3cc(N(c4ccccc4)c4ccc5c6c(c7ccccc7c5c4)-c4ccccc4C6(C)C)ccc3c21. The number of fused-ring (bicyclic) bond motifs is 15. The van der Waals surface area contributed by atoms with Crippen LogP contribution in [0.15, 0.2) is 164 Å². The van der Waals surface area contributed by atoms with Gasteiger partial charge in [-0.3, -0.25) is 0 Å². The molecule has 0 bridgehead atoms. The van der Waals surface area contributed by atoms with Crippen molar-refractivity contribution in [3.05, 3.63) is 186 Å². The highest BCUT2D eigenvalue weighted by atomic mass is 15.1. The zero-order valence-corrected chi connectivity index (χ0v) is 30.5. The minimum atomic E-state index is -0.126. The van der Waals surface area contributed by atoms with Gasteiger partial charge in [-0.1, -0.05) is 155 Å². The van der Waals surface area contributed by atoms with E-state index in [0.29, 0.717) is 0 Å². The molecule has 9 aromatic carbocycles. The van der Waals surface area contributed by atoms with Crippen molar-refractivity contribution in [3.8, 4) is 22.3 Å². The molecule has 0 amide bonds. The molecule has 9 aromatic rings. The van der Waals surface area contributed by atoms with Crippen LogP contribution in [0.1, 0.15) is 49.9 Å². The maximum Gasteiger partial charge on any atom is 0.0468 e. The van der Waals surface area contributed by atoms with Crippen LogP contribution in [0.3, 0.4) is 0 Å². The van der Waals surface area contributed by atoms with Crippen LogP contribution in [0.25, 0.3) is 65.3 Å². The normalized spacial score (nSPS) is 14.7. The summed E-state index contributed by atoms with van der Waals surface area (Å²) in [6.45, 7) is 9.60. The van der Waals surface area contributed by atoms with E-state index in [9.17, 15) is 0 Å². The van der Waals surface area contributed by atoms with Gasteiger partial charge >= 0.3 is 0 Å². The van der Waals surface area contributed by atoms with Crippen LogP contribution in [0, 0.1) is 0 Å². The first kappa shape index (κ1) is 30.4. The molecule has 0 radical (unpaired) electrons. The number of hydrogen-bond donors (Lipinski definition) is 0. The van der Waals surface area contributed by atoms with Crippen molar-refractivity contribution < 1.29 is 0 Å². The predicted molar refractivity (Wildman–Crippen MR) is 226 cm³/mol. The van der Waals surface area contributed by atoms with Gasteiger partial charge in [-0.05, 0) is 124 Å². The van der Waals surface area contributed by atoms with Crippen molar-refractivity contribution in [1.82, 2.24) is 0 Å². The van der Waals surface area contributed by atoms with Crippen molar-refractivity contribution in [2.45, 2.75) is 38.5 Å². The molecule has 0 spiro atoms. The van der Waals surface area contributed by atoms with Crippen LogP contribution in [0.5, 0.6) is 0 Å². The van der Waals surface area contributed by atoms with E-state index in [2.05, 4.69) is 196 Å². The molecule has 0 saturated carbocycles. The first-order valence-electron chi connectivity index (χ1n) is 18.9. The summed E-state index contributed by atoms with van der Waals surface area (Å²) in [7, 11) is 0. The Bertz CT molecular complexity index is 3000. The standard InChI is InChI=1S/C52H39N/c1-51(2)46-21-13-12-20-44(46)47-40-19-11-10-18-39(40)45-31-36(25-29-43(45)50(47)51)53(34-15-6-5-7-16-34)35-24-28-38-33(30-35)23-27-42-41-26-22-32-14-8-9-17-37(32)48(41)52(3,4)49(38)42/h5-31H,1-4H3. The van der Waals surface area contributed by atoms with E-state index >= 15 is 0 Å². The molecule has 0 N–H and O–H groups in total. The van der Waals surface area contributed by atoms with Crippen molar-refractivity contribution in [2.24, 2.45) is 0 Å². The summed E-state index contributed by atoms with van der Waals surface area (Å²) in [5.41, 5.74) is 14.4. The second-order valence-electron chi connectivity index (χ2n) is 16.1. The molecular weight excluding hydrogens is 639 g/mol. The third-order valence-electron chi connectivity index (χ3n) is 12.5. The average molecular weight is 678 g/mol. The lowest BCUT2D eigenvalue weighted by molar-refractivity contribution is 0.666. The molecule has 1 heteroatoms. The van der Waals surface area contributed by atoms with Crippen LogP contribution in [-0.4, -0.2) is 0 Å². The van der Waals surface area contributed by atoms with Gasteiger partial charge in [0.1, 0.15) is 0 Å². The fourth-order valence-electron chi connectivity index (χ4n) is 10.3. The molecular formula is C52H39N. The lowest BCUT2D eigenvalue weighted by atomic mass is 9.78. The lowest BCUT2D eigenvalue weighted by Crippen LogP contribution is -2.16. The summed E-state index contributed by atoms with van der Waals surface area (Å²) in [4.78, 5) is 2.43. The Morgan fingerprint density at radius 1 is 0.340 bits per heavy atom. The lowest BCUT2D eigenvalue weighted by Gasteiger charge is -2.28. The second kappa shape index (κ2) is 10.7. The Morgan fingerprint density at radius 3 is 1.70 bits per heavy atom. The van der Waals surface area contributed by atoms with E-state index in [1.165, 1.54) is 87.6 Å². The third kappa shape index (κ3) is 4.08. The molecule has 252 valence electrons. The molecule has 0 atom stereocenters. The summed E-state index contributed by atoms with van der Waals surface area (Å²) in [6.07, 6.45) is 0. The van der Waals surface area contributed by atoms with E-state index in [1.807, 2.05) is 0 Å². The minimum absolute atomic E-state index is 0.104. The van der Waals surface area contributed by atoms with Gasteiger partial charge in [-0.25, -0.2) is 0 Å². The molecule has 0 fully saturated rings. The van der Waals surface area contributed by atoms with Crippen LogP contribution in [0.4, 0.5) is 17.1 Å². The van der Waals surface area contributed by atoms with Crippen LogP contribution < -0.4 is 4.90 Å². The Morgan fingerprint density at radius 2 is 0.925 bits per heavy atom.